The molecule has 3 heterocycles. The fraction of sp³-hybridized carbons (Fsp3) is 1.00. The Morgan fingerprint density at radius 1 is 1.22 bits per heavy atom. The van der Waals surface area contributed by atoms with Gasteiger partial charge >= 0.3 is 0 Å². The highest BCUT2D eigenvalue weighted by molar-refractivity contribution is 4.94. The second-order valence-corrected chi connectivity index (χ2v) is 6.11. The summed E-state index contributed by atoms with van der Waals surface area (Å²) in [5.41, 5.74) is -0.105. The summed E-state index contributed by atoms with van der Waals surface area (Å²) in [6.07, 6.45) is 3.82. The minimum absolute atomic E-state index is 0.105. The van der Waals surface area contributed by atoms with Crippen molar-refractivity contribution < 1.29 is 19.3 Å². The number of hydrogen-bond acceptors (Lipinski definition) is 4. The van der Waals surface area contributed by atoms with E-state index in [1.165, 1.54) is 0 Å². The largest absolute Gasteiger partial charge is 0.392 e. The number of aliphatic hydroxyl groups excluding tert-OH is 1. The first-order valence-electron chi connectivity index (χ1n) is 7.22. The van der Waals surface area contributed by atoms with Gasteiger partial charge in [-0.25, -0.2) is 0 Å². The standard InChI is InChI=1S/C14H24O4/c1-10-12(3-5-17-10)13(15)11-2-6-18-14(8-11)4-7-16-9-14/h10-13,15H,2-9H2,1H3. The smallest absolute Gasteiger partial charge is 0.0940 e. The van der Waals surface area contributed by atoms with Crippen molar-refractivity contribution in [3.05, 3.63) is 0 Å². The van der Waals surface area contributed by atoms with Crippen LogP contribution in [0.3, 0.4) is 0 Å². The Balaban J connectivity index is 1.64. The Morgan fingerprint density at radius 3 is 2.78 bits per heavy atom. The van der Waals surface area contributed by atoms with Gasteiger partial charge in [0.2, 0.25) is 0 Å². The van der Waals surface area contributed by atoms with E-state index in [0.29, 0.717) is 18.4 Å². The molecule has 0 aromatic heterocycles. The molecule has 0 amide bonds. The zero-order chi connectivity index (χ0) is 12.6. The molecule has 3 fully saturated rings. The molecule has 0 radical (unpaired) electrons. The third-order valence-electron chi connectivity index (χ3n) is 4.95. The maximum atomic E-state index is 10.6. The minimum atomic E-state index is -0.246. The van der Waals surface area contributed by atoms with E-state index in [0.717, 1.165) is 45.5 Å². The van der Waals surface area contributed by atoms with E-state index in [-0.39, 0.29) is 17.8 Å². The van der Waals surface area contributed by atoms with Crippen LogP contribution in [0.25, 0.3) is 0 Å². The summed E-state index contributed by atoms with van der Waals surface area (Å²) >= 11 is 0. The van der Waals surface area contributed by atoms with Crippen molar-refractivity contribution in [2.75, 3.05) is 26.4 Å². The normalized spacial score (nSPS) is 46.7. The molecule has 4 heteroatoms. The Morgan fingerprint density at radius 2 is 2.11 bits per heavy atom. The van der Waals surface area contributed by atoms with Crippen molar-refractivity contribution in [1.29, 1.82) is 0 Å². The van der Waals surface area contributed by atoms with Gasteiger partial charge in [0.05, 0.1) is 24.4 Å². The van der Waals surface area contributed by atoms with Gasteiger partial charge in [-0.2, -0.15) is 0 Å². The Kier molecular flexibility index (Phi) is 3.63. The molecule has 5 unspecified atom stereocenters. The highest BCUT2D eigenvalue weighted by Crippen LogP contribution is 2.40. The molecule has 3 rings (SSSR count). The van der Waals surface area contributed by atoms with E-state index in [1.54, 1.807) is 0 Å². The third kappa shape index (κ3) is 2.31. The van der Waals surface area contributed by atoms with Crippen molar-refractivity contribution in [3.8, 4) is 0 Å². The van der Waals surface area contributed by atoms with Crippen LogP contribution in [-0.4, -0.2) is 49.3 Å². The van der Waals surface area contributed by atoms with E-state index in [2.05, 4.69) is 6.92 Å². The van der Waals surface area contributed by atoms with Gasteiger partial charge in [0, 0.05) is 32.2 Å². The second-order valence-electron chi connectivity index (χ2n) is 6.11. The topological polar surface area (TPSA) is 47.9 Å². The summed E-state index contributed by atoms with van der Waals surface area (Å²) in [6.45, 7) is 5.13. The van der Waals surface area contributed by atoms with E-state index in [1.807, 2.05) is 0 Å². The monoisotopic (exact) mass is 256 g/mol. The molecule has 18 heavy (non-hydrogen) atoms. The first-order chi connectivity index (χ1) is 8.70. The lowest BCUT2D eigenvalue weighted by Gasteiger charge is -2.40. The average molecular weight is 256 g/mol. The summed E-state index contributed by atoms with van der Waals surface area (Å²) in [7, 11) is 0. The van der Waals surface area contributed by atoms with Gasteiger partial charge in [-0.05, 0) is 32.1 Å². The quantitative estimate of drug-likeness (QED) is 0.810. The van der Waals surface area contributed by atoms with Gasteiger partial charge in [-0.1, -0.05) is 0 Å². The van der Waals surface area contributed by atoms with Gasteiger partial charge in [0.15, 0.2) is 0 Å². The molecule has 0 aliphatic carbocycles. The molecule has 104 valence electrons. The first-order valence-corrected chi connectivity index (χ1v) is 7.22. The molecule has 1 N–H and O–H groups in total. The lowest BCUT2D eigenvalue weighted by molar-refractivity contribution is -0.125. The molecule has 1 spiro atoms. The van der Waals surface area contributed by atoms with Crippen LogP contribution in [0, 0.1) is 11.8 Å². The molecule has 0 aromatic rings. The average Bonchev–Trinajstić information content (AvgIpc) is 2.98. The maximum absolute atomic E-state index is 10.6. The predicted molar refractivity (Wildman–Crippen MR) is 66.4 cm³/mol. The van der Waals surface area contributed by atoms with Crippen molar-refractivity contribution in [2.24, 2.45) is 11.8 Å². The number of rotatable bonds is 2. The van der Waals surface area contributed by atoms with Crippen molar-refractivity contribution in [2.45, 2.75) is 50.4 Å². The van der Waals surface area contributed by atoms with Crippen molar-refractivity contribution >= 4 is 0 Å². The molecule has 4 nitrogen and oxygen atoms in total. The zero-order valence-electron chi connectivity index (χ0n) is 11.1. The molecule has 0 aromatic carbocycles. The minimum Gasteiger partial charge on any atom is -0.392 e. The van der Waals surface area contributed by atoms with Crippen LogP contribution in [0.2, 0.25) is 0 Å². The van der Waals surface area contributed by atoms with E-state index in [4.69, 9.17) is 14.2 Å². The summed E-state index contributed by atoms with van der Waals surface area (Å²) in [5, 5.41) is 10.6. The van der Waals surface area contributed by atoms with Crippen LogP contribution in [-0.2, 0) is 14.2 Å². The van der Waals surface area contributed by atoms with Crippen LogP contribution in [0.5, 0.6) is 0 Å². The highest BCUT2D eigenvalue weighted by Gasteiger charge is 2.45. The SMILES string of the molecule is CC1OCCC1C(O)C1CCOC2(CCOC2)C1. The lowest BCUT2D eigenvalue weighted by atomic mass is 9.77. The molecular weight excluding hydrogens is 232 g/mol. The molecule has 0 bridgehead atoms. The predicted octanol–water partition coefficient (Wildman–Crippen LogP) is 1.36. The van der Waals surface area contributed by atoms with Crippen LogP contribution >= 0.6 is 0 Å². The van der Waals surface area contributed by atoms with Gasteiger partial charge in [-0.15, -0.1) is 0 Å². The Bertz CT molecular complexity index is 288. The summed E-state index contributed by atoms with van der Waals surface area (Å²) in [6, 6.07) is 0. The van der Waals surface area contributed by atoms with Crippen molar-refractivity contribution in [3.63, 3.8) is 0 Å². The van der Waals surface area contributed by atoms with Crippen LogP contribution in [0.1, 0.15) is 32.6 Å². The van der Waals surface area contributed by atoms with Gasteiger partial charge in [-0.3, -0.25) is 0 Å². The van der Waals surface area contributed by atoms with Crippen molar-refractivity contribution in [1.82, 2.24) is 0 Å². The lowest BCUT2D eigenvalue weighted by Crippen LogP contribution is -2.46. The van der Waals surface area contributed by atoms with E-state index in [9.17, 15) is 5.11 Å². The third-order valence-corrected chi connectivity index (χ3v) is 4.95. The summed E-state index contributed by atoms with van der Waals surface area (Å²) in [4.78, 5) is 0. The summed E-state index contributed by atoms with van der Waals surface area (Å²) < 4.78 is 17.0. The van der Waals surface area contributed by atoms with E-state index >= 15 is 0 Å². The van der Waals surface area contributed by atoms with Gasteiger partial charge in [0.1, 0.15) is 0 Å². The van der Waals surface area contributed by atoms with Crippen LogP contribution < -0.4 is 0 Å². The highest BCUT2D eigenvalue weighted by atomic mass is 16.6. The van der Waals surface area contributed by atoms with E-state index < -0.39 is 0 Å². The molecule has 5 atom stereocenters. The summed E-state index contributed by atoms with van der Waals surface area (Å²) in [5.74, 6) is 0.641. The number of ether oxygens (including phenoxy) is 3. The Hall–Kier alpha value is -0.160. The number of hydrogen-bond donors (Lipinski definition) is 1. The van der Waals surface area contributed by atoms with Gasteiger partial charge in [0.25, 0.3) is 0 Å². The first kappa shape index (κ1) is 12.9. The Labute approximate surface area is 109 Å². The zero-order valence-corrected chi connectivity index (χ0v) is 11.1. The molecule has 3 saturated heterocycles. The fourth-order valence-electron chi connectivity index (χ4n) is 3.77. The molecule has 3 aliphatic rings. The maximum Gasteiger partial charge on any atom is 0.0940 e. The fourth-order valence-corrected chi connectivity index (χ4v) is 3.77. The molecule has 0 saturated carbocycles. The number of aliphatic hydroxyl groups is 1. The van der Waals surface area contributed by atoms with Gasteiger partial charge < -0.3 is 19.3 Å². The second kappa shape index (κ2) is 5.08. The molecule has 3 aliphatic heterocycles. The molecular formula is C14H24O4. The van der Waals surface area contributed by atoms with Crippen LogP contribution in [0.15, 0.2) is 0 Å². The van der Waals surface area contributed by atoms with Crippen LogP contribution in [0.4, 0.5) is 0 Å².